The van der Waals surface area contributed by atoms with Gasteiger partial charge in [-0.05, 0) is 73.6 Å². The van der Waals surface area contributed by atoms with E-state index in [1.54, 1.807) is 7.11 Å². The lowest BCUT2D eigenvalue weighted by atomic mass is 9.86. The van der Waals surface area contributed by atoms with Gasteiger partial charge in [0, 0.05) is 6.54 Å². The zero-order chi connectivity index (χ0) is 22.9. The number of methoxy groups -OCH3 is 1. The van der Waals surface area contributed by atoms with Crippen molar-refractivity contribution in [2.45, 2.75) is 57.2 Å². The van der Waals surface area contributed by atoms with Crippen LogP contribution in [0.15, 0.2) is 48.5 Å². The van der Waals surface area contributed by atoms with E-state index in [1.807, 2.05) is 12.1 Å². The monoisotopic (exact) mass is 435 g/mol. The van der Waals surface area contributed by atoms with Gasteiger partial charge < -0.3 is 15.0 Å². The zero-order valence-electron chi connectivity index (χ0n) is 20.1. The van der Waals surface area contributed by atoms with E-state index < -0.39 is 5.54 Å². The van der Waals surface area contributed by atoms with Crippen LogP contribution in [0.3, 0.4) is 0 Å². The molecule has 172 valence electrons. The number of benzene rings is 2. The predicted octanol–water partition coefficient (Wildman–Crippen LogP) is 4.13. The zero-order valence-corrected chi connectivity index (χ0v) is 20.1. The van der Waals surface area contributed by atoms with Crippen molar-refractivity contribution in [3.8, 4) is 5.75 Å². The van der Waals surface area contributed by atoms with Crippen molar-refractivity contribution in [2.24, 2.45) is 0 Å². The third-order valence-corrected chi connectivity index (χ3v) is 7.30. The van der Waals surface area contributed by atoms with Gasteiger partial charge in [0.15, 0.2) is 0 Å². The van der Waals surface area contributed by atoms with Crippen LogP contribution in [0, 0.1) is 0 Å². The fourth-order valence-corrected chi connectivity index (χ4v) is 5.20. The molecule has 1 spiro atoms. The highest BCUT2D eigenvalue weighted by Gasteiger charge is 2.55. The summed E-state index contributed by atoms with van der Waals surface area (Å²) in [6.45, 7) is 9.18. The van der Waals surface area contributed by atoms with Gasteiger partial charge in [0.1, 0.15) is 17.5 Å². The smallest absolute Gasteiger partial charge is 0.244 e. The SMILES string of the molecule is COc1ccc(CCN2C(=O)C3(CCNCC3)N(C)C2c2ccc(C(C)(C)C)cc2)cc1. The first kappa shape index (κ1) is 22.8. The molecule has 2 heterocycles. The minimum absolute atomic E-state index is 0.0344. The molecule has 2 aromatic rings. The van der Waals surface area contributed by atoms with Crippen LogP contribution in [0.1, 0.15) is 56.5 Å². The van der Waals surface area contributed by atoms with E-state index in [4.69, 9.17) is 4.74 Å². The molecule has 32 heavy (non-hydrogen) atoms. The molecule has 4 rings (SSSR count). The van der Waals surface area contributed by atoms with Crippen molar-refractivity contribution in [3.63, 3.8) is 0 Å². The largest absolute Gasteiger partial charge is 0.497 e. The summed E-state index contributed by atoms with van der Waals surface area (Å²) < 4.78 is 5.28. The molecule has 2 aromatic carbocycles. The van der Waals surface area contributed by atoms with Gasteiger partial charge in [-0.15, -0.1) is 0 Å². The summed E-state index contributed by atoms with van der Waals surface area (Å²) in [5.74, 6) is 1.14. The molecule has 1 unspecified atom stereocenters. The molecule has 0 radical (unpaired) electrons. The van der Waals surface area contributed by atoms with Crippen molar-refractivity contribution in [1.29, 1.82) is 0 Å². The number of nitrogens with one attached hydrogen (secondary N) is 1. The van der Waals surface area contributed by atoms with Gasteiger partial charge >= 0.3 is 0 Å². The lowest BCUT2D eigenvalue weighted by molar-refractivity contribution is -0.135. The Balaban J connectivity index is 1.63. The average molecular weight is 436 g/mol. The molecule has 5 nitrogen and oxygen atoms in total. The number of piperidine rings is 1. The Kier molecular flexibility index (Phi) is 6.33. The Morgan fingerprint density at radius 2 is 1.66 bits per heavy atom. The Hall–Kier alpha value is -2.37. The summed E-state index contributed by atoms with van der Waals surface area (Å²) in [6, 6.07) is 17.1. The molecule has 2 saturated heterocycles. The summed E-state index contributed by atoms with van der Waals surface area (Å²) in [4.78, 5) is 18.3. The van der Waals surface area contributed by atoms with Crippen LogP contribution < -0.4 is 10.1 Å². The molecule has 0 aromatic heterocycles. The van der Waals surface area contributed by atoms with Gasteiger partial charge in [-0.3, -0.25) is 9.69 Å². The molecule has 2 aliphatic heterocycles. The Bertz CT molecular complexity index is 925. The van der Waals surface area contributed by atoms with Crippen molar-refractivity contribution >= 4 is 5.91 Å². The lowest BCUT2D eigenvalue weighted by Crippen LogP contribution is -2.54. The highest BCUT2D eigenvalue weighted by Crippen LogP contribution is 2.44. The number of hydrogen-bond acceptors (Lipinski definition) is 4. The Labute approximate surface area is 192 Å². The van der Waals surface area contributed by atoms with Crippen LogP contribution in [0.2, 0.25) is 0 Å². The number of rotatable bonds is 5. The van der Waals surface area contributed by atoms with Crippen LogP contribution in [-0.4, -0.2) is 55.0 Å². The van der Waals surface area contributed by atoms with Gasteiger partial charge in [-0.1, -0.05) is 57.2 Å². The van der Waals surface area contributed by atoms with Crippen LogP contribution in [0.4, 0.5) is 0 Å². The number of likely N-dealkylation sites (N-methyl/N-ethyl adjacent to an activating group) is 1. The van der Waals surface area contributed by atoms with E-state index in [9.17, 15) is 4.79 Å². The molecule has 1 amide bonds. The highest BCUT2D eigenvalue weighted by atomic mass is 16.5. The van der Waals surface area contributed by atoms with E-state index in [0.29, 0.717) is 6.54 Å². The maximum atomic E-state index is 13.9. The second-order valence-corrected chi connectivity index (χ2v) is 10.2. The number of ether oxygens (including phenoxy) is 1. The maximum absolute atomic E-state index is 13.9. The van der Waals surface area contributed by atoms with Crippen molar-refractivity contribution in [3.05, 3.63) is 65.2 Å². The highest BCUT2D eigenvalue weighted by molar-refractivity contribution is 5.89. The number of nitrogens with zero attached hydrogens (tertiary/aromatic N) is 2. The molecular weight excluding hydrogens is 398 g/mol. The molecule has 0 aliphatic carbocycles. The van der Waals surface area contributed by atoms with Crippen molar-refractivity contribution in [2.75, 3.05) is 33.8 Å². The Morgan fingerprint density at radius 1 is 1.03 bits per heavy atom. The normalized spacial score (nSPS) is 21.3. The Morgan fingerprint density at radius 3 is 2.22 bits per heavy atom. The molecule has 0 saturated carbocycles. The molecular formula is C27H37N3O2. The first-order chi connectivity index (χ1) is 15.3. The van der Waals surface area contributed by atoms with Gasteiger partial charge in [0.25, 0.3) is 0 Å². The lowest BCUT2D eigenvalue weighted by Gasteiger charge is -2.38. The second kappa shape index (κ2) is 8.87. The number of carbonyl (C=O) groups excluding carboxylic acids is 1. The first-order valence-electron chi connectivity index (χ1n) is 11.7. The van der Waals surface area contributed by atoms with Gasteiger partial charge in [-0.25, -0.2) is 0 Å². The molecule has 2 aliphatic rings. The molecule has 2 fully saturated rings. The van der Waals surface area contributed by atoms with Crippen molar-refractivity contribution < 1.29 is 9.53 Å². The topological polar surface area (TPSA) is 44.8 Å². The molecule has 1 N–H and O–H groups in total. The van der Waals surface area contributed by atoms with Crippen molar-refractivity contribution in [1.82, 2.24) is 15.1 Å². The predicted molar refractivity (Wildman–Crippen MR) is 129 cm³/mol. The van der Waals surface area contributed by atoms with Gasteiger partial charge in [0.05, 0.1) is 7.11 Å². The standard InChI is InChI=1S/C27H37N3O2/c1-26(2,3)22-10-8-21(9-11-22)24-29(4)27(15-17-28-18-16-27)25(31)30(24)19-14-20-6-12-23(32-5)13-7-20/h6-13,24,28H,14-19H2,1-5H3. The fourth-order valence-electron chi connectivity index (χ4n) is 5.20. The summed E-state index contributed by atoms with van der Waals surface area (Å²) in [6.07, 6.45) is 2.51. The summed E-state index contributed by atoms with van der Waals surface area (Å²) in [7, 11) is 3.82. The maximum Gasteiger partial charge on any atom is 0.244 e. The third-order valence-electron chi connectivity index (χ3n) is 7.30. The summed E-state index contributed by atoms with van der Waals surface area (Å²) in [5.41, 5.74) is 3.43. The summed E-state index contributed by atoms with van der Waals surface area (Å²) in [5, 5.41) is 3.43. The first-order valence-corrected chi connectivity index (χ1v) is 11.7. The van der Waals surface area contributed by atoms with E-state index in [0.717, 1.165) is 38.1 Å². The van der Waals surface area contributed by atoms with E-state index in [2.05, 4.69) is 79.3 Å². The molecule has 0 bridgehead atoms. The average Bonchev–Trinajstić information content (AvgIpc) is 2.99. The van der Waals surface area contributed by atoms with E-state index in [-0.39, 0.29) is 17.5 Å². The quantitative estimate of drug-likeness (QED) is 0.767. The number of carbonyl (C=O) groups is 1. The van der Waals surface area contributed by atoms with Crippen LogP contribution in [-0.2, 0) is 16.6 Å². The minimum atomic E-state index is -0.404. The molecule has 1 atom stereocenters. The third kappa shape index (κ3) is 4.16. The second-order valence-electron chi connectivity index (χ2n) is 10.2. The number of hydrogen-bond donors (Lipinski definition) is 1. The van der Waals surface area contributed by atoms with E-state index >= 15 is 0 Å². The van der Waals surface area contributed by atoms with Crippen LogP contribution >= 0.6 is 0 Å². The van der Waals surface area contributed by atoms with Gasteiger partial charge in [0.2, 0.25) is 5.91 Å². The van der Waals surface area contributed by atoms with Crippen LogP contribution in [0.25, 0.3) is 0 Å². The van der Waals surface area contributed by atoms with Gasteiger partial charge in [-0.2, -0.15) is 0 Å². The summed E-state index contributed by atoms with van der Waals surface area (Å²) >= 11 is 0. The minimum Gasteiger partial charge on any atom is -0.497 e. The van der Waals surface area contributed by atoms with E-state index in [1.165, 1.54) is 16.7 Å². The number of amides is 1. The fraction of sp³-hybridized carbons (Fsp3) is 0.519. The van der Waals surface area contributed by atoms with Crippen LogP contribution in [0.5, 0.6) is 5.75 Å². The molecule has 5 heteroatoms.